The van der Waals surface area contributed by atoms with E-state index in [1.165, 1.54) is 5.69 Å². The zero-order chi connectivity index (χ0) is 25.5. The molecule has 0 heterocycles. The third kappa shape index (κ3) is 5.79. The minimum Gasteiger partial charge on any atom is -0.478 e. The standard InChI is InChI=1S/C30H39N3O2/c1-7-32(8-2)25-17-13-23(14-18-25)29(22-11-15-24(16-12-22)31(5)6)27-20-19-26(33(9-3)10-4)21-28(27)30(34)35/h11-21,29H,7-10H2,1-6H3,(H,34,35). The van der Waals surface area contributed by atoms with Crippen LogP contribution in [0.15, 0.2) is 66.7 Å². The van der Waals surface area contributed by atoms with Crippen LogP contribution in [0.5, 0.6) is 0 Å². The summed E-state index contributed by atoms with van der Waals surface area (Å²) in [5.41, 5.74) is 6.54. The molecular formula is C30H39N3O2. The van der Waals surface area contributed by atoms with Gasteiger partial charge in [-0.2, -0.15) is 0 Å². The van der Waals surface area contributed by atoms with E-state index in [9.17, 15) is 9.90 Å². The number of carbonyl (C=O) groups is 1. The normalized spacial score (nSPS) is 11.7. The Hall–Kier alpha value is -3.47. The average molecular weight is 474 g/mol. The van der Waals surface area contributed by atoms with E-state index in [0.29, 0.717) is 5.56 Å². The molecule has 0 fully saturated rings. The van der Waals surface area contributed by atoms with Gasteiger partial charge in [-0.15, -0.1) is 0 Å². The van der Waals surface area contributed by atoms with E-state index in [2.05, 4.69) is 97.0 Å². The van der Waals surface area contributed by atoms with Gasteiger partial charge in [0.25, 0.3) is 0 Å². The van der Waals surface area contributed by atoms with E-state index in [-0.39, 0.29) is 5.92 Å². The lowest BCUT2D eigenvalue weighted by molar-refractivity contribution is 0.0695. The van der Waals surface area contributed by atoms with Gasteiger partial charge in [0.05, 0.1) is 5.56 Å². The minimum atomic E-state index is -0.899. The molecule has 0 aliphatic carbocycles. The zero-order valence-corrected chi connectivity index (χ0v) is 22.0. The predicted molar refractivity (Wildman–Crippen MR) is 149 cm³/mol. The molecule has 0 bridgehead atoms. The molecule has 1 atom stereocenters. The molecule has 3 aromatic carbocycles. The molecule has 0 spiro atoms. The molecule has 35 heavy (non-hydrogen) atoms. The van der Waals surface area contributed by atoms with Gasteiger partial charge in [-0.3, -0.25) is 0 Å². The van der Waals surface area contributed by atoms with Crippen molar-refractivity contribution in [2.75, 3.05) is 55.0 Å². The van der Waals surface area contributed by atoms with E-state index < -0.39 is 5.97 Å². The van der Waals surface area contributed by atoms with Crippen LogP contribution in [0.1, 0.15) is 60.7 Å². The number of benzene rings is 3. The predicted octanol–water partition coefficient (Wildman–Crippen LogP) is 6.32. The molecule has 0 saturated heterocycles. The summed E-state index contributed by atoms with van der Waals surface area (Å²) in [7, 11) is 4.04. The molecule has 1 unspecified atom stereocenters. The molecule has 0 aliphatic heterocycles. The van der Waals surface area contributed by atoms with Crippen molar-refractivity contribution in [1.82, 2.24) is 0 Å². The van der Waals surface area contributed by atoms with Crippen molar-refractivity contribution in [3.8, 4) is 0 Å². The van der Waals surface area contributed by atoms with Gasteiger partial charge in [0.2, 0.25) is 0 Å². The summed E-state index contributed by atoms with van der Waals surface area (Å²) in [5.74, 6) is -1.09. The highest BCUT2D eigenvalue weighted by atomic mass is 16.4. The first-order valence-electron chi connectivity index (χ1n) is 12.6. The fourth-order valence-corrected chi connectivity index (χ4v) is 4.75. The Morgan fingerprint density at radius 2 is 1.11 bits per heavy atom. The molecule has 0 aromatic heterocycles. The van der Waals surface area contributed by atoms with E-state index >= 15 is 0 Å². The minimum absolute atomic E-state index is 0.186. The van der Waals surface area contributed by atoms with Crippen LogP contribution in [0.2, 0.25) is 0 Å². The van der Waals surface area contributed by atoms with Crippen molar-refractivity contribution in [3.63, 3.8) is 0 Å². The Morgan fingerprint density at radius 1 is 0.686 bits per heavy atom. The summed E-state index contributed by atoms with van der Waals surface area (Å²) in [4.78, 5) is 19.0. The van der Waals surface area contributed by atoms with Crippen LogP contribution >= 0.6 is 0 Å². The van der Waals surface area contributed by atoms with Crippen LogP contribution in [0.4, 0.5) is 17.1 Å². The molecule has 0 saturated carbocycles. The van der Waals surface area contributed by atoms with Gasteiger partial charge in [0.15, 0.2) is 0 Å². The van der Waals surface area contributed by atoms with Crippen LogP contribution in [-0.4, -0.2) is 51.4 Å². The summed E-state index contributed by atoms with van der Waals surface area (Å²) in [5, 5.41) is 10.2. The third-order valence-electron chi connectivity index (χ3n) is 6.80. The first-order valence-corrected chi connectivity index (χ1v) is 12.6. The lowest BCUT2D eigenvalue weighted by Gasteiger charge is -2.26. The quantitative estimate of drug-likeness (QED) is 0.330. The number of anilines is 3. The highest BCUT2D eigenvalue weighted by Crippen LogP contribution is 2.37. The maximum Gasteiger partial charge on any atom is 0.336 e. The maximum absolute atomic E-state index is 12.5. The Labute approximate surface area is 210 Å². The monoisotopic (exact) mass is 473 g/mol. The summed E-state index contributed by atoms with van der Waals surface area (Å²) in [6.45, 7) is 12.0. The lowest BCUT2D eigenvalue weighted by atomic mass is 9.82. The SMILES string of the molecule is CCN(CC)c1ccc(C(c2ccc(N(C)C)cc2)c2ccc(N(CC)CC)cc2C(=O)O)cc1. The number of hydrogen-bond donors (Lipinski definition) is 1. The Balaban J connectivity index is 2.17. The first-order chi connectivity index (χ1) is 16.8. The highest BCUT2D eigenvalue weighted by Gasteiger charge is 2.24. The van der Waals surface area contributed by atoms with E-state index in [0.717, 1.165) is 54.2 Å². The second-order valence-corrected chi connectivity index (χ2v) is 8.93. The fourth-order valence-electron chi connectivity index (χ4n) is 4.75. The van der Waals surface area contributed by atoms with Gasteiger partial charge >= 0.3 is 5.97 Å². The van der Waals surface area contributed by atoms with Crippen molar-refractivity contribution in [2.45, 2.75) is 33.6 Å². The van der Waals surface area contributed by atoms with Crippen LogP contribution in [0, 0.1) is 0 Å². The summed E-state index contributed by atoms with van der Waals surface area (Å²) < 4.78 is 0. The fraction of sp³-hybridized carbons (Fsp3) is 0.367. The number of nitrogens with zero attached hydrogens (tertiary/aromatic N) is 3. The average Bonchev–Trinajstić information content (AvgIpc) is 2.87. The van der Waals surface area contributed by atoms with Gasteiger partial charge < -0.3 is 19.8 Å². The zero-order valence-electron chi connectivity index (χ0n) is 22.0. The second-order valence-electron chi connectivity index (χ2n) is 8.93. The Kier molecular flexibility index (Phi) is 8.80. The van der Waals surface area contributed by atoms with Crippen molar-refractivity contribution < 1.29 is 9.90 Å². The number of rotatable bonds is 11. The smallest absolute Gasteiger partial charge is 0.336 e. The van der Waals surface area contributed by atoms with E-state index in [1.807, 2.05) is 26.2 Å². The van der Waals surface area contributed by atoms with Crippen molar-refractivity contribution in [2.24, 2.45) is 0 Å². The topological polar surface area (TPSA) is 47.0 Å². The molecule has 0 radical (unpaired) electrons. The van der Waals surface area contributed by atoms with Crippen molar-refractivity contribution in [1.29, 1.82) is 0 Å². The van der Waals surface area contributed by atoms with Gasteiger partial charge in [0, 0.05) is 63.3 Å². The lowest BCUT2D eigenvalue weighted by Crippen LogP contribution is -2.23. The molecule has 5 nitrogen and oxygen atoms in total. The van der Waals surface area contributed by atoms with E-state index in [4.69, 9.17) is 0 Å². The van der Waals surface area contributed by atoms with Crippen LogP contribution in [0.3, 0.4) is 0 Å². The van der Waals surface area contributed by atoms with Crippen LogP contribution in [0.25, 0.3) is 0 Å². The van der Waals surface area contributed by atoms with Gasteiger partial charge in [-0.1, -0.05) is 30.3 Å². The Morgan fingerprint density at radius 3 is 1.54 bits per heavy atom. The van der Waals surface area contributed by atoms with Crippen molar-refractivity contribution in [3.05, 3.63) is 89.0 Å². The third-order valence-corrected chi connectivity index (χ3v) is 6.80. The van der Waals surface area contributed by atoms with Gasteiger partial charge in [-0.05, 0) is 80.8 Å². The molecule has 5 heteroatoms. The molecule has 1 N–H and O–H groups in total. The number of carboxylic acids is 1. The van der Waals surface area contributed by atoms with Crippen LogP contribution in [-0.2, 0) is 0 Å². The number of aromatic carboxylic acids is 1. The second kappa shape index (κ2) is 11.8. The van der Waals surface area contributed by atoms with Crippen molar-refractivity contribution >= 4 is 23.0 Å². The van der Waals surface area contributed by atoms with Crippen LogP contribution < -0.4 is 14.7 Å². The summed E-state index contributed by atoms with van der Waals surface area (Å²) >= 11 is 0. The first kappa shape index (κ1) is 26.1. The summed E-state index contributed by atoms with van der Waals surface area (Å²) in [6, 6.07) is 22.9. The highest BCUT2D eigenvalue weighted by molar-refractivity contribution is 5.91. The van der Waals surface area contributed by atoms with Gasteiger partial charge in [0.1, 0.15) is 0 Å². The molecular weight excluding hydrogens is 434 g/mol. The molecule has 0 aliphatic rings. The largest absolute Gasteiger partial charge is 0.478 e. The molecule has 3 rings (SSSR count). The molecule has 0 amide bonds. The van der Waals surface area contributed by atoms with Gasteiger partial charge in [-0.25, -0.2) is 4.79 Å². The molecule has 186 valence electrons. The number of hydrogen-bond acceptors (Lipinski definition) is 4. The van der Waals surface area contributed by atoms with E-state index in [1.54, 1.807) is 0 Å². The summed E-state index contributed by atoms with van der Waals surface area (Å²) in [6.07, 6.45) is 0. The Bertz CT molecular complexity index is 1100. The number of carboxylic acid groups (broad SMARTS) is 1. The maximum atomic E-state index is 12.5. The molecule has 3 aromatic rings.